The molecule has 0 spiro atoms. The van der Waals surface area contributed by atoms with E-state index < -0.39 is 17.3 Å². The highest BCUT2D eigenvalue weighted by Crippen LogP contribution is 2.62. The molecule has 3 N–H and O–H groups in total. The average Bonchev–Trinajstić information content (AvgIpc) is 3.39. The van der Waals surface area contributed by atoms with Crippen LogP contribution in [0.2, 0.25) is 0 Å². The Bertz CT molecular complexity index is 920. The minimum atomic E-state index is -1.13. The highest BCUT2D eigenvalue weighted by atomic mass is 16.2. The summed E-state index contributed by atoms with van der Waals surface area (Å²) in [6.07, 6.45) is 1.30. The van der Waals surface area contributed by atoms with Gasteiger partial charge in [-0.25, -0.2) is 0 Å². The summed E-state index contributed by atoms with van der Waals surface area (Å²) in [6, 6.07) is 6.79. The van der Waals surface area contributed by atoms with Crippen LogP contribution in [0.5, 0.6) is 0 Å². The summed E-state index contributed by atoms with van der Waals surface area (Å²) in [4.78, 5) is 54.9. The first-order chi connectivity index (χ1) is 15.0. The first-order valence-corrected chi connectivity index (χ1v) is 11.2. The molecule has 8 heteroatoms. The van der Waals surface area contributed by atoms with Crippen LogP contribution in [0.1, 0.15) is 44.0 Å². The van der Waals surface area contributed by atoms with E-state index in [-0.39, 0.29) is 35.5 Å². The largest absolute Gasteiger partial charge is 0.398 e. The monoisotopic (exact) mass is 442 g/mol. The fourth-order valence-corrected chi connectivity index (χ4v) is 4.67. The Hall–Kier alpha value is -2.90. The SMILES string of the molecule is CC(C)C(=O)NC1CCN(C(=O)[C@@H]2[C@H](C(=O)N(C)C)[C@]2(C)C(=O)c2ccccc2N)CC1. The molecule has 8 nitrogen and oxygen atoms in total. The lowest BCUT2D eigenvalue weighted by atomic mass is 9.91. The molecule has 1 aromatic carbocycles. The summed E-state index contributed by atoms with van der Waals surface area (Å²) < 4.78 is 0. The van der Waals surface area contributed by atoms with E-state index in [1.54, 1.807) is 50.2 Å². The maximum atomic E-state index is 13.5. The summed E-state index contributed by atoms with van der Waals surface area (Å²) in [5, 5.41) is 3.02. The Kier molecular flexibility index (Phi) is 6.62. The third-order valence-corrected chi connectivity index (χ3v) is 6.86. The lowest BCUT2D eigenvalue weighted by molar-refractivity contribution is -0.137. The molecule has 1 heterocycles. The van der Waals surface area contributed by atoms with E-state index in [9.17, 15) is 19.2 Å². The Morgan fingerprint density at radius 1 is 1.09 bits per heavy atom. The second kappa shape index (κ2) is 8.92. The smallest absolute Gasteiger partial charge is 0.227 e. The number of piperidine rings is 1. The van der Waals surface area contributed by atoms with E-state index in [2.05, 4.69) is 5.32 Å². The van der Waals surface area contributed by atoms with Crippen LogP contribution >= 0.6 is 0 Å². The van der Waals surface area contributed by atoms with Crippen LogP contribution in [0.25, 0.3) is 0 Å². The van der Waals surface area contributed by atoms with Crippen LogP contribution in [0.4, 0.5) is 5.69 Å². The molecule has 0 bridgehead atoms. The van der Waals surface area contributed by atoms with Crippen LogP contribution in [-0.4, -0.2) is 66.5 Å². The Labute approximate surface area is 189 Å². The number of rotatable bonds is 6. The Morgan fingerprint density at radius 3 is 2.22 bits per heavy atom. The average molecular weight is 443 g/mol. The molecule has 1 saturated heterocycles. The van der Waals surface area contributed by atoms with Crippen molar-refractivity contribution < 1.29 is 19.2 Å². The zero-order valence-corrected chi connectivity index (χ0v) is 19.6. The summed E-state index contributed by atoms with van der Waals surface area (Å²) in [6.45, 7) is 6.37. The van der Waals surface area contributed by atoms with Crippen molar-refractivity contribution in [1.82, 2.24) is 15.1 Å². The number of carbonyl (C=O) groups is 4. The van der Waals surface area contributed by atoms with Gasteiger partial charge in [0.2, 0.25) is 17.7 Å². The maximum absolute atomic E-state index is 13.5. The molecule has 2 aliphatic rings. The topological polar surface area (TPSA) is 113 Å². The van der Waals surface area contributed by atoms with Crippen molar-refractivity contribution in [3.8, 4) is 0 Å². The molecule has 0 aromatic heterocycles. The van der Waals surface area contributed by atoms with E-state index in [0.29, 0.717) is 37.2 Å². The van der Waals surface area contributed by atoms with Gasteiger partial charge in [0.05, 0.1) is 17.3 Å². The van der Waals surface area contributed by atoms with E-state index >= 15 is 0 Å². The fourth-order valence-electron chi connectivity index (χ4n) is 4.67. The van der Waals surface area contributed by atoms with Crippen molar-refractivity contribution in [3.05, 3.63) is 29.8 Å². The second-order valence-electron chi connectivity index (χ2n) is 9.65. The number of hydrogen-bond donors (Lipinski definition) is 2. The van der Waals surface area contributed by atoms with Gasteiger partial charge in [0.15, 0.2) is 5.78 Å². The van der Waals surface area contributed by atoms with Crippen LogP contribution < -0.4 is 11.1 Å². The van der Waals surface area contributed by atoms with Gasteiger partial charge in [-0.3, -0.25) is 19.2 Å². The molecule has 1 aliphatic heterocycles. The predicted molar refractivity (Wildman–Crippen MR) is 122 cm³/mol. The van der Waals surface area contributed by atoms with Gasteiger partial charge in [0, 0.05) is 50.4 Å². The maximum Gasteiger partial charge on any atom is 0.227 e. The van der Waals surface area contributed by atoms with Gasteiger partial charge in [-0.2, -0.15) is 0 Å². The molecule has 3 atom stereocenters. The quantitative estimate of drug-likeness (QED) is 0.513. The molecule has 3 rings (SSSR count). The van der Waals surface area contributed by atoms with E-state index in [1.807, 2.05) is 13.8 Å². The van der Waals surface area contributed by atoms with E-state index in [1.165, 1.54) is 4.90 Å². The fraction of sp³-hybridized carbons (Fsp3) is 0.583. The zero-order chi connectivity index (χ0) is 23.8. The highest BCUT2D eigenvalue weighted by Gasteiger charge is 2.73. The van der Waals surface area contributed by atoms with Crippen molar-refractivity contribution in [3.63, 3.8) is 0 Å². The Balaban J connectivity index is 1.77. The molecular weight excluding hydrogens is 408 g/mol. The molecule has 1 saturated carbocycles. The van der Waals surface area contributed by atoms with Gasteiger partial charge in [-0.1, -0.05) is 32.9 Å². The number of likely N-dealkylation sites (tertiary alicyclic amines) is 1. The van der Waals surface area contributed by atoms with Crippen molar-refractivity contribution in [2.45, 2.75) is 39.7 Å². The first-order valence-electron chi connectivity index (χ1n) is 11.2. The van der Waals surface area contributed by atoms with Crippen molar-refractivity contribution in [2.24, 2.45) is 23.2 Å². The minimum Gasteiger partial charge on any atom is -0.398 e. The first kappa shape index (κ1) is 23.8. The highest BCUT2D eigenvalue weighted by molar-refractivity contribution is 6.13. The van der Waals surface area contributed by atoms with Crippen LogP contribution in [0.15, 0.2) is 24.3 Å². The van der Waals surface area contributed by atoms with Crippen LogP contribution in [-0.2, 0) is 14.4 Å². The number of nitrogens with zero attached hydrogens (tertiary/aromatic N) is 2. The zero-order valence-electron chi connectivity index (χ0n) is 19.6. The van der Waals surface area contributed by atoms with Gasteiger partial charge >= 0.3 is 0 Å². The summed E-state index contributed by atoms with van der Waals surface area (Å²) in [5.41, 5.74) is 5.58. The second-order valence-corrected chi connectivity index (χ2v) is 9.65. The Morgan fingerprint density at radius 2 is 1.69 bits per heavy atom. The van der Waals surface area contributed by atoms with E-state index in [0.717, 1.165) is 0 Å². The van der Waals surface area contributed by atoms with Crippen molar-refractivity contribution in [1.29, 1.82) is 0 Å². The number of benzene rings is 1. The number of carbonyl (C=O) groups excluding carboxylic acids is 4. The number of nitrogens with two attached hydrogens (primary N) is 1. The lowest BCUT2D eigenvalue weighted by Crippen LogP contribution is -2.48. The van der Waals surface area contributed by atoms with Gasteiger partial charge in [0.25, 0.3) is 0 Å². The molecular formula is C24H34N4O4. The number of para-hydroxylation sites is 1. The number of anilines is 1. The molecule has 0 radical (unpaired) electrons. The molecule has 1 aliphatic carbocycles. The van der Waals surface area contributed by atoms with Crippen LogP contribution in [0, 0.1) is 23.2 Å². The number of nitrogen functional groups attached to an aromatic ring is 1. The third kappa shape index (κ3) is 4.23. The molecule has 174 valence electrons. The normalized spacial score (nSPS) is 25.4. The van der Waals surface area contributed by atoms with Crippen molar-refractivity contribution >= 4 is 29.2 Å². The standard InChI is InChI=1S/C24H34N4O4/c1-14(2)21(30)26-15-10-12-28(13-11-15)23(32)19-18(22(31)27(4)5)24(19,3)20(29)16-8-6-7-9-17(16)25/h6-9,14-15,18-19H,10-13,25H2,1-5H3,(H,26,30)/t18-,19+,24+/m1/s1. The number of ketones is 1. The number of Topliss-reactive ketones (excluding diaryl/α,β-unsaturated/α-hetero) is 1. The lowest BCUT2D eigenvalue weighted by Gasteiger charge is -2.33. The van der Waals surface area contributed by atoms with Gasteiger partial charge < -0.3 is 20.9 Å². The molecule has 1 aromatic rings. The summed E-state index contributed by atoms with van der Waals surface area (Å²) in [7, 11) is 3.26. The molecule has 2 fully saturated rings. The van der Waals surface area contributed by atoms with Gasteiger partial charge in [-0.05, 0) is 25.0 Å². The molecule has 32 heavy (non-hydrogen) atoms. The van der Waals surface area contributed by atoms with Crippen LogP contribution in [0.3, 0.4) is 0 Å². The summed E-state index contributed by atoms with van der Waals surface area (Å²) in [5.74, 6) is -2.18. The molecule has 0 unspecified atom stereocenters. The van der Waals surface area contributed by atoms with Gasteiger partial charge in [-0.15, -0.1) is 0 Å². The third-order valence-electron chi connectivity index (χ3n) is 6.86. The number of hydrogen-bond acceptors (Lipinski definition) is 5. The predicted octanol–water partition coefficient (Wildman–Crippen LogP) is 1.56. The van der Waals surface area contributed by atoms with Gasteiger partial charge in [0.1, 0.15) is 0 Å². The minimum absolute atomic E-state index is 0.00670. The number of amides is 3. The summed E-state index contributed by atoms with van der Waals surface area (Å²) >= 11 is 0. The van der Waals surface area contributed by atoms with E-state index in [4.69, 9.17) is 5.73 Å². The van der Waals surface area contributed by atoms with Crippen molar-refractivity contribution in [2.75, 3.05) is 32.9 Å². The molecule has 3 amide bonds. The number of nitrogens with one attached hydrogen (secondary N) is 1.